The molecule has 0 aliphatic heterocycles. The molecule has 100 valence electrons. The lowest BCUT2D eigenvalue weighted by molar-refractivity contribution is 0.749. The minimum Gasteiger partial charge on any atom is -0.377 e. The fourth-order valence-electron chi connectivity index (χ4n) is 2.08. The number of anilines is 1. The molecule has 0 spiro atoms. The molecule has 0 aliphatic carbocycles. The van der Waals surface area contributed by atoms with Gasteiger partial charge >= 0.3 is 0 Å². The Bertz CT molecular complexity index is 566. The van der Waals surface area contributed by atoms with Crippen molar-refractivity contribution in [3.05, 3.63) is 63.6 Å². The van der Waals surface area contributed by atoms with Crippen molar-refractivity contribution in [2.75, 3.05) is 5.32 Å². The molecule has 0 radical (unpaired) electrons. The lowest BCUT2D eigenvalue weighted by Crippen LogP contribution is -2.10. The van der Waals surface area contributed by atoms with Gasteiger partial charge in [0.2, 0.25) is 0 Å². The average Bonchev–Trinajstić information content (AvgIpc) is 2.39. The Labute approximate surface area is 124 Å². The first-order valence-corrected chi connectivity index (χ1v) is 7.14. The summed E-state index contributed by atoms with van der Waals surface area (Å²) in [6.07, 6.45) is 0.963. The molecule has 0 saturated heterocycles. The smallest absolute Gasteiger partial charge is 0.0637 e. The van der Waals surface area contributed by atoms with E-state index in [0.29, 0.717) is 0 Å². The maximum Gasteiger partial charge on any atom is 0.0637 e. The van der Waals surface area contributed by atoms with Crippen molar-refractivity contribution in [2.24, 2.45) is 0 Å². The van der Waals surface area contributed by atoms with Crippen LogP contribution in [-0.2, 0) is 0 Å². The summed E-state index contributed by atoms with van der Waals surface area (Å²) in [7, 11) is 0. The molecule has 0 fully saturated rings. The molecule has 2 aromatic carbocycles. The zero-order chi connectivity index (χ0) is 13.8. The molecule has 0 amide bonds. The number of rotatable bonds is 4. The number of hydrogen-bond acceptors (Lipinski definition) is 1. The van der Waals surface area contributed by atoms with Crippen molar-refractivity contribution in [1.29, 1.82) is 0 Å². The number of aryl methyl sites for hydroxylation is 1. The van der Waals surface area contributed by atoms with Crippen LogP contribution in [-0.4, -0.2) is 0 Å². The molecule has 1 nitrogen and oxygen atoms in total. The highest BCUT2D eigenvalue weighted by atomic mass is 35.5. The lowest BCUT2D eigenvalue weighted by Gasteiger charge is -2.20. The Hall–Kier alpha value is -1.18. The standard InChI is InChI=1S/C16H17Cl2N/c1-3-15(12-5-4-6-13(17)10-12)19-16-9-11(2)7-8-14(16)18/h4-10,15,19H,3H2,1-2H3. The fraction of sp³-hybridized carbons (Fsp3) is 0.250. The number of hydrogen-bond donors (Lipinski definition) is 1. The molecule has 0 aromatic heterocycles. The second-order valence-corrected chi connectivity index (χ2v) is 5.49. The highest BCUT2D eigenvalue weighted by Crippen LogP contribution is 2.29. The van der Waals surface area contributed by atoms with Crippen LogP contribution in [0.25, 0.3) is 0 Å². The van der Waals surface area contributed by atoms with Gasteiger partial charge in [-0.15, -0.1) is 0 Å². The lowest BCUT2D eigenvalue weighted by atomic mass is 10.0. The van der Waals surface area contributed by atoms with Crippen LogP contribution in [0.1, 0.15) is 30.5 Å². The van der Waals surface area contributed by atoms with Gasteiger partial charge in [-0.25, -0.2) is 0 Å². The minimum absolute atomic E-state index is 0.206. The Balaban J connectivity index is 2.26. The summed E-state index contributed by atoms with van der Waals surface area (Å²) in [4.78, 5) is 0. The molecule has 19 heavy (non-hydrogen) atoms. The third kappa shape index (κ3) is 3.65. The zero-order valence-electron chi connectivity index (χ0n) is 11.1. The summed E-state index contributed by atoms with van der Waals surface area (Å²) < 4.78 is 0. The van der Waals surface area contributed by atoms with Gasteiger partial charge < -0.3 is 5.32 Å². The van der Waals surface area contributed by atoms with Crippen molar-refractivity contribution >= 4 is 28.9 Å². The molecular formula is C16H17Cl2N. The minimum atomic E-state index is 0.206. The first kappa shape index (κ1) is 14.2. The van der Waals surface area contributed by atoms with Gasteiger partial charge in [-0.2, -0.15) is 0 Å². The van der Waals surface area contributed by atoms with Crippen molar-refractivity contribution in [2.45, 2.75) is 26.3 Å². The molecular weight excluding hydrogens is 277 g/mol. The SMILES string of the molecule is CCC(Nc1cc(C)ccc1Cl)c1cccc(Cl)c1. The van der Waals surface area contributed by atoms with E-state index in [4.69, 9.17) is 23.2 Å². The van der Waals surface area contributed by atoms with E-state index < -0.39 is 0 Å². The van der Waals surface area contributed by atoms with E-state index in [1.165, 1.54) is 11.1 Å². The molecule has 2 rings (SSSR count). The Morgan fingerprint density at radius 2 is 1.89 bits per heavy atom. The first-order valence-electron chi connectivity index (χ1n) is 6.38. The van der Waals surface area contributed by atoms with Gasteiger partial charge in [-0.1, -0.05) is 48.3 Å². The molecule has 0 bridgehead atoms. The summed E-state index contributed by atoms with van der Waals surface area (Å²) in [5, 5.41) is 4.99. The summed E-state index contributed by atoms with van der Waals surface area (Å²) in [5.74, 6) is 0. The molecule has 1 atom stereocenters. The molecule has 2 aromatic rings. The van der Waals surface area contributed by atoms with Gasteiger partial charge in [0.15, 0.2) is 0 Å². The Morgan fingerprint density at radius 3 is 2.58 bits per heavy atom. The van der Waals surface area contributed by atoms with E-state index in [1.54, 1.807) is 0 Å². The van der Waals surface area contributed by atoms with E-state index in [1.807, 2.05) is 30.3 Å². The zero-order valence-corrected chi connectivity index (χ0v) is 12.6. The maximum absolute atomic E-state index is 6.23. The monoisotopic (exact) mass is 293 g/mol. The van der Waals surface area contributed by atoms with Gasteiger partial charge in [-0.05, 0) is 48.7 Å². The Morgan fingerprint density at radius 1 is 1.11 bits per heavy atom. The molecule has 1 N–H and O–H groups in total. The first-order chi connectivity index (χ1) is 9.10. The van der Waals surface area contributed by atoms with Crippen molar-refractivity contribution in [3.63, 3.8) is 0 Å². The van der Waals surface area contributed by atoms with Crippen molar-refractivity contribution in [1.82, 2.24) is 0 Å². The predicted molar refractivity (Wildman–Crippen MR) is 84.3 cm³/mol. The summed E-state index contributed by atoms with van der Waals surface area (Å²) in [5.41, 5.74) is 3.33. The van der Waals surface area contributed by atoms with Crippen LogP contribution in [0, 0.1) is 6.92 Å². The molecule has 3 heteroatoms. The van der Waals surface area contributed by atoms with E-state index in [9.17, 15) is 0 Å². The second kappa shape index (κ2) is 6.31. The van der Waals surface area contributed by atoms with Crippen LogP contribution < -0.4 is 5.32 Å². The average molecular weight is 294 g/mol. The van der Waals surface area contributed by atoms with Gasteiger partial charge in [0.25, 0.3) is 0 Å². The summed E-state index contributed by atoms with van der Waals surface area (Å²) in [6.45, 7) is 4.20. The number of benzene rings is 2. The van der Waals surface area contributed by atoms with E-state index in [0.717, 1.165) is 22.2 Å². The van der Waals surface area contributed by atoms with Gasteiger partial charge in [0, 0.05) is 5.02 Å². The molecule has 0 aliphatic rings. The van der Waals surface area contributed by atoms with Crippen LogP contribution >= 0.6 is 23.2 Å². The normalized spacial score (nSPS) is 12.2. The van der Waals surface area contributed by atoms with Crippen molar-refractivity contribution < 1.29 is 0 Å². The van der Waals surface area contributed by atoms with Crippen molar-refractivity contribution in [3.8, 4) is 0 Å². The topological polar surface area (TPSA) is 12.0 Å². The number of nitrogens with one attached hydrogen (secondary N) is 1. The Kier molecular flexibility index (Phi) is 4.73. The molecule has 0 heterocycles. The van der Waals surface area contributed by atoms with Gasteiger partial charge in [0.1, 0.15) is 0 Å². The highest BCUT2D eigenvalue weighted by Gasteiger charge is 2.11. The van der Waals surface area contributed by atoms with Gasteiger partial charge in [0.05, 0.1) is 16.8 Å². The third-order valence-electron chi connectivity index (χ3n) is 3.11. The van der Waals surface area contributed by atoms with Crippen LogP contribution in [0.5, 0.6) is 0 Å². The summed E-state index contributed by atoms with van der Waals surface area (Å²) in [6, 6.07) is 14.1. The summed E-state index contributed by atoms with van der Waals surface area (Å²) >= 11 is 12.3. The molecule has 1 unspecified atom stereocenters. The van der Waals surface area contributed by atoms with E-state index in [-0.39, 0.29) is 6.04 Å². The quantitative estimate of drug-likeness (QED) is 0.744. The van der Waals surface area contributed by atoms with Crippen LogP contribution in [0.4, 0.5) is 5.69 Å². The van der Waals surface area contributed by atoms with Gasteiger partial charge in [-0.3, -0.25) is 0 Å². The van der Waals surface area contributed by atoms with E-state index in [2.05, 4.69) is 31.3 Å². The molecule has 0 saturated carbocycles. The van der Waals surface area contributed by atoms with E-state index >= 15 is 0 Å². The second-order valence-electron chi connectivity index (χ2n) is 4.64. The predicted octanol–water partition coefficient (Wildman–Crippen LogP) is 5.87. The van der Waals surface area contributed by atoms with Crippen LogP contribution in [0.15, 0.2) is 42.5 Å². The third-order valence-corrected chi connectivity index (χ3v) is 3.68. The van der Waals surface area contributed by atoms with Crippen LogP contribution in [0.2, 0.25) is 10.0 Å². The fourth-order valence-corrected chi connectivity index (χ4v) is 2.45. The highest BCUT2D eigenvalue weighted by molar-refractivity contribution is 6.33. The maximum atomic E-state index is 6.23. The number of halogens is 2. The van der Waals surface area contributed by atoms with Crippen LogP contribution in [0.3, 0.4) is 0 Å². The largest absolute Gasteiger partial charge is 0.377 e.